The van der Waals surface area contributed by atoms with E-state index in [0.717, 1.165) is 25.2 Å². The Morgan fingerprint density at radius 3 is 2.37 bits per heavy atom. The number of methoxy groups -OCH3 is 2. The second-order valence-corrected chi connectivity index (χ2v) is 6.54. The van der Waals surface area contributed by atoms with Crippen molar-refractivity contribution < 1.29 is 23.6 Å². The highest BCUT2D eigenvalue weighted by Gasteiger charge is 2.24. The summed E-state index contributed by atoms with van der Waals surface area (Å²) >= 11 is 0. The van der Waals surface area contributed by atoms with Crippen LogP contribution in [0.1, 0.15) is 5.56 Å². The Morgan fingerprint density at radius 1 is 1.07 bits per heavy atom. The van der Waals surface area contributed by atoms with Crippen LogP contribution in [0.25, 0.3) is 0 Å². The molecule has 0 unspecified atom stereocenters. The average molecular weight is 374 g/mol. The number of benzene rings is 2. The van der Waals surface area contributed by atoms with Crippen LogP contribution in [0.5, 0.6) is 11.5 Å². The molecule has 1 aliphatic heterocycles. The molecule has 0 atom stereocenters. The van der Waals surface area contributed by atoms with Crippen molar-refractivity contribution in [1.82, 2.24) is 4.90 Å². The zero-order valence-electron chi connectivity index (χ0n) is 15.6. The van der Waals surface area contributed by atoms with Crippen LogP contribution in [0.2, 0.25) is 0 Å². The second kappa shape index (κ2) is 8.73. The van der Waals surface area contributed by atoms with E-state index in [1.807, 2.05) is 17.0 Å². The number of halogens is 1. The van der Waals surface area contributed by atoms with Crippen LogP contribution < -0.4 is 19.7 Å². The predicted octanol–water partition coefficient (Wildman–Crippen LogP) is 1.78. The lowest BCUT2D eigenvalue weighted by atomic mass is 10.2. The minimum absolute atomic E-state index is 0.122. The molecule has 1 saturated heterocycles. The number of ether oxygens (including phenoxy) is 2. The summed E-state index contributed by atoms with van der Waals surface area (Å²) in [5.41, 5.74) is 1.77. The number of quaternary nitrogens is 1. The van der Waals surface area contributed by atoms with Gasteiger partial charge in [0, 0.05) is 17.3 Å². The van der Waals surface area contributed by atoms with Gasteiger partial charge in [-0.25, -0.2) is 9.18 Å². The molecule has 6 nitrogen and oxygen atoms in total. The lowest BCUT2D eigenvalue weighted by Gasteiger charge is -2.32. The fraction of sp³-hybridized carbons (Fsp3) is 0.350. The van der Waals surface area contributed by atoms with Gasteiger partial charge in [0.15, 0.2) is 11.5 Å². The Balaban J connectivity index is 1.51. The fourth-order valence-electron chi connectivity index (χ4n) is 3.21. The molecule has 0 aromatic heterocycles. The number of carbonyl (C=O) groups excluding carboxylic acids is 1. The largest absolute Gasteiger partial charge is 0.493 e. The van der Waals surface area contributed by atoms with Crippen LogP contribution in [0.15, 0.2) is 42.5 Å². The van der Waals surface area contributed by atoms with Gasteiger partial charge in [-0.05, 0) is 24.3 Å². The van der Waals surface area contributed by atoms with E-state index < -0.39 is 0 Å². The van der Waals surface area contributed by atoms with Gasteiger partial charge >= 0.3 is 6.03 Å². The number of hydrogen-bond donors (Lipinski definition) is 2. The van der Waals surface area contributed by atoms with E-state index in [1.54, 1.807) is 32.4 Å². The maximum atomic E-state index is 13.0. The van der Waals surface area contributed by atoms with Crippen molar-refractivity contribution in [3.63, 3.8) is 0 Å². The zero-order valence-corrected chi connectivity index (χ0v) is 15.6. The zero-order chi connectivity index (χ0) is 19.2. The number of nitrogens with one attached hydrogen (secondary N) is 2. The molecule has 0 radical (unpaired) electrons. The van der Waals surface area contributed by atoms with E-state index in [9.17, 15) is 9.18 Å². The first-order valence-electron chi connectivity index (χ1n) is 8.95. The number of rotatable bonds is 5. The molecule has 0 aliphatic carbocycles. The third-order valence-electron chi connectivity index (χ3n) is 4.76. The first-order chi connectivity index (χ1) is 13.1. The first kappa shape index (κ1) is 19.0. The van der Waals surface area contributed by atoms with E-state index in [0.29, 0.717) is 30.3 Å². The molecule has 7 heteroatoms. The van der Waals surface area contributed by atoms with Gasteiger partial charge < -0.3 is 24.6 Å². The number of carbonyl (C=O) groups is 1. The number of urea groups is 1. The molecule has 3 rings (SSSR count). The van der Waals surface area contributed by atoms with Gasteiger partial charge in [-0.15, -0.1) is 0 Å². The third-order valence-corrected chi connectivity index (χ3v) is 4.76. The molecule has 144 valence electrons. The molecule has 2 aromatic carbocycles. The molecule has 2 aromatic rings. The van der Waals surface area contributed by atoms with E-state index in [2.05, 4.69) is 5.32 Å². The summed E-state index contributed by atoms with van der Waals surface area (Å²) in [4.78, 5) is 15.7. The Hall–Kier alpha value is -2.80. The second-order valence-electron chi connectivity index (χ2n) is 6.54. The minimum Gasteiger partial charge on any atom is -0.493 e. The molecular weight excluding hydrogens is 349 g/mol. The van der Waals surface area contributed by atoms with Crippen molar-refractivity contribution in [3.05, 3.63) is 53.8 Å². The van der Waals surface area contributed by atoms with E-state index in [-0.39, 0.29) is 11.8 Å². The summed E-state index contributed by atoms with van der Waals surface area (Å²) in [6.07, 6.45) is 0. The molecule has 0 spiro atoms. The molecule has 0 saturated carbocycles. The van der Waals surface area contributed by atoms with Crippen molar-refractivity contribution in [3.8, 4) is 11.5 Å². The Morgan fingerprint density at radius 2 is 1.74 bits per heavy atom. The van der Waals surface area contributed by atoms with Gasteiger partial charge in [0.1, 0.15) is 12.4 Å². The third kappa shape index (κ3) is 4.89. The Labute approximate surface area is 158 Å². The van der Waals surface area contributed by atoms with Gasteiger partial charge in [0.25, 0.3) is 0 Å². The average Bonchev–Trinajstić information content (AvgIpc) is 2.70. The van der Waals surface area contributed by atoms with Gasteiger partial charge in [-0.1, -0.05) is 12.1 Å². The predicted molar refractivity (Wildman–Crippen MR) is 101 cm³/mol. The highest BCUT2D eigenvalue weighted by atomic mass is 19.1. The fourth-order valence-corrected chi connectivity index (χ4v) is 3.21. The summed E-state index contributed by atoms with van der Waals surface area (Å²) in [5.74, 6) is 0.975. The molecule has 1 heterocycles. The number of anilines is 1. The normalized spacial score (nSPS) is 14.7. The number of nitrogens with zero attached hydrogens (tertiary/aromatic N) is 1. The Kier molecular flexibility index (Phi) is 6.13. The molecule has 2 N–H and O–H groups in total. The minimum atomic E-state index is -0.217. The van der Waals surface area contributed by atoms with Gasteiger partial charge in [-0.2, -0.15) is 0 Å². The molecular formula is C20H25FN3O3+. The van der Waals surface area contributed by atoms with Crippen LogP contribution in [0, 0.1) is 5.82 Å². The Bertz CT molecular complexity index is 775. The van der Waals surface area contributed by atoms with E-state index in [1.165, 1.54) is 17.0 Å². The van der Waals surface area contributed by atoms with Crippen molar-refractivity contribution in [2.45, 2.75) is 6.54 Å². The maximum Gasteiger partial charge on any atom is 0.322 e. The standard InChI is InChI=1S/C20H24FN3O3/c1-26-18-8-7-17(13-19(18)27-2)22-20(25)24-11-9-23(10-12-24)14-15-3-5-16(21)6-4-15/h3-8,13H,9-12,14H2,1-2H3,(H,22,25)/p+1. The summed E-state index contributed by atoms with van der Waals surface area (Å²) in [5, 5.41) is 2.91. The van der Waals surface area contributed by atoms with Gasteiger partial charge in [0.2, 0.25) is 0 Å². The molecule has 1 aliphatic rings. The molecule has 27 heavy (non-hydrogen) atoms. The van der Waals surface area contributed by atoms with Crippen molar-refractivity contribution in [1.29, 1.82) is 0 Å². The summed E-state index contributed by atoms with van der Waals surface area (Å²) in [6.45, 7) is 3.91. The highest BCUT2D eigenvalue weighted by molar-refractivity contribution is 5.89. The highest BCUT2D eigenvalue weighted by Crippen LogP contribution is 2.29. The summed E-state index contributed by atoms with van der Waals surface area (Å²) in [6, 6.07) is 11.8. The van der Waals surface area contributed by atoms with Crippen LogP contribution in [-0.2, 0) is 6.54 Å². The van der Waals surface area contributed by atoms with Gasteiger partial charge in [-0.3, -0.25) is 0 Å². The maximum absolute atomic E-state index is 13.0. The van der Waals surface area contributed by atoms with Crippen LogP contribution >= 0.6 is 0 Å². The van der Waals surface area contributed by atoms with Crippen LogP contribution in [0.3, 0.4) is 0 Å². The smallest absolute Gasteiger partial charge is 0.322 e. The van der Waals surface area contributed by atoms with Crippen molar-refractivity contribution in [2.24, 2.45) is 0 Å². The molecule has 1 fully saturated rings. The molecule has 0 bridgehead atoms. The van der Waals surface area contributed by atoms with Gasteiger partial charge in [0.05, 0.1) is 40.4 Å². The van der Waals surface area contributed by atoms with Crippen molar-refractivity contribution in [2.75, 3.05) is 45.7 Å². The number of amides is 2. The number of piperazine rings is 1. The topological polar surface area (TPSA) is 55.2 Å². The van der Waals surface area contributed by atoms with E-state index >= 15 is 0 Å². The quantitative estimate of drug-likeness (QED) is 0.839. The van der Waals surface area contributed by atoms with E-state index in [4.69, 9.17) is 9.47 Å². The van der Waals surface area contributed by atoms with Crippen LogP contribution in [-0.4, -0.2) is 51.3 Å². The monoisotopic (exact) mass is 374 g/mol. The lowest BCUT2D eigenvalue weighted by Crippen LogP contribution is -3.13. The lowest BCUT2D eigenvalue weighted by molar-refractivity contribution is -0.917. The van der Waals surface area contributed by atoms with Crippen LogP contribution in [0.4, 0.5) is 14.9 Å². The number of hydrogen-bond acceptors (Lipinski definition) is 3. The summed E-state index contributed by atoms with van der Waals surface area (Å²) in [7, 11) is 3.14. The first-order valence-corrected chi connectivity index (χ1v) is 8.95. The SMILES string of the molecule is COc1ccc(NC(=O)N2CC[NH+](Cc3ccc(F)cc3)CC2)cc1OC. The summed E-state index contributed by atoms with van der Waals surface area (Å²) < 4.78 is 23.5. The van der Waals surface area contributed by atoms with Crippen molar-refractivity contribution >= 4 is 11.7 Å². The molecule has 2 amide bonds.